The highest BCUT2D eigenvalue weighted by atomic mass is 16.5. The van der Waals surface area contributed by atoms with Crippen LogP contribution in [-0.2, 0) is 4.79 Å². The second kappa shape index (κ2) is 7.79. The monoisotopic (exact) mass is 306 g/mol. The molecule has 1 unspecified atom stereocenters. The van der Waals surface area contributed by atoms with Crippen LogP contribution in [0.25, 0.3) is 0 Å². The van der Waals surface area contributed by atoms with Crippen molar-refractivity contribution in [3.05, 3.63) is 23.8 Å². The van der Waals surface area contributed by atoms with E-state index in [0.717, 1.165) is 18.0 Å². The molecule has 6 heteroatoms. The Kier molecular flexibility index (Phi) is 5.77. The van der Waals surface area contributed by atoms with Crippen molar-refractivity contribution < 1.29 is 19.4 Å². The zero-order chi connectivity index (χ0) is 15.9. The summed E-state index contributed by atoms with van der Waals surface area (Å²) in [4.78, 5) is 23.0. The molecule has 0 aliphatic carbocycles. The van der Waals surface area contributed by atoms with Gasteiger partial charge in [-0.1, -0.05) is 6.92 Å². The number of benzene rings is 1. The maximum atomic E-state index is 12.5. The number of fused-ring (bicyclic) bond motifs is 1. The van der Waals surface area contributed by atoms with E-state index in [1.165, 1.54) is 0 Å². The molecule has 0 spiro atoms. The number of nitrogens with one attached hydrogen (secondary N) is 2. The van der Waals surface area contributed by atoms with E-state index in [4.69, 9.17) is 9.84 Å². The highest BCUT2D eigenvalue weighted by molar-refractivity contribution is 6.01. The van der Waals surface area contributed by atoms with E-state index in [1.54, 1.807) is 6.07 Å². The molecule has 22 heavy (non-hydrogen) atoms. The largest absolute Gasteiger partial charge is 0.490 e. The minimum Gasteiger partial charge on any atom is -0.490 e. The zero-order valence-corrected chi connectivity index (χ0v) is 12.7. The van der Waals surface area contributed by atoms with E-state index in [-0.39, 0.29) is 18.2 Å². The van der Waals surface area contributed by atoms with Crippen LogP contribution in [0.4, 0.5) is 5.69 Å². The van der Waals surface area contributed by atoms with Crippen molar-refractivity contribution in [3.8, 4) is 5.75 Å². The summed E-state index contributed by atoms with van der Waals surface area (Å²) in [5.74, 6) is -0.0276. The highest BCUT2D eigenvalue weighted by Crippen LogP contribution is 2.28. The Balaban J connectivity index is 1.97. The van der Waals surface area contributed by atoms with Gasteiger partial charge in [0.2, 0.25) is 0 Å². The molecule has 1 heterocycles. The molecule has 0 fully saturated rings. The van der Waals surface area contributed by atoms with Crippen molar-refractivity contribution in [2.45, 2.75) is 32.2 Å². The van der Waals surface area contributed by atoms with Gasteiger partial charge in [-0.25, -0.2) is 0 Å². The number of Topliss-reactive ketones (excluding diaryl/α,β-unsaturated/α-hetero) is 1. The molecule has 1 aliphatic heterocycles. The molecule has 1 aliphatic rings. The van der Waals surface area contributed by atoms with Gasteiger partial charge in [-0.2, -0.15) is 0 Å². The second-order valence-electron chi connectivity index (χ2n) is 5.26. The Hall–Kier alpha value is -2.08. The first-order valence-corrected chi connectivity index (χ1v) is 7.62. The molecule has 2 rings (SSSR count). The first-order valence-electron chi connectivity index (χ1n) is 7.62. The van der Waals surface area contributed by atoms with Crippen LogP contribution in [0, 0.1) is 0 Å². The summed E-state index contributed by atoms with van der Waals surface area (Å²) in [5, 5.41) is 15.0. The fourth-order valence-electron chi connectivity index (χ4n) is 2.43. The maximum absolute atomic E-state index is 12.5. The third-order valence-electron chi connectivity index (χ3n) is 3.62. The predicted molar refractivity (Wildman–Crippen MR) is 83.7 cm³/mol. The number of anilines is 1. The third-order valence-corrected chi connectivity index (χ3v) is 3.62. The number of aliphatic carboxylic acids is 1. The van der Waals surface area contributed by atoms with Gasteiger partial charge >= 0.3 is 5.97 Å². The molecule has 6 nitrogen and oxygen atoms in total. The summed E-state index contributed by atoms with van der Waals surface area (Å²) in [6.45, 7) is 3.81. The Bertz CT molecular complexity index is 545. The number of ether oxygens (including phenoxy) is 1. The third kappa shape index (κ3) is 4.21. The van der Waals surface area contributed by atoms with Crippen molar-refractivity contribution in [1.29, 1.82) is 0 Å². The van der Waals surface area contributed by atoms with Gasteiger partial charge in [-0.05, 0) is 37.6 Å². The van der Waals surface area contributed by atoms with Crippen molar-refractivity contribution in [1.82, 2.24) is 5.32 Å². The van der Waals surface area contributed by atoms with Gasteiger partial charge in [0, 0.05) is 18.5 Å². The zero-order valence-electron chi connectivity index (χ0n) is 12.7. The smallest absolute Gasteiger partial charge is 0.303 e. The average Bonchev–Trinajstić information content (AvgIpc) is 2.53. The minimum atomic E-state index is -0.818. The van der Waals surface area contributed by atoms with Gasteiger partial charge < -0.3 is 20.5 Å². The number of carbonyl (C=O) groups is 2. The molecule has 1 aromatic rings. The molecule has 0 saturated carbocycles. The predicted octanol–water partition coefficient (Wildman–Crippen LogP) is 1.91. The van der Waals surface area contributed by atoms with Gasteiger partial charge in [0.25, 0.3) is 0 Å². The number of carbonyl (C=O) groups excluding carboxylic acids is 1. The van der Waals surface area contributed by atoms with E-state index in [0.29, 0.717) is 31.6 Å². The van der Waals surface area contributed by atoms with Gasteiger partial charge in [0.15, 0.2) is 5.78 Å². The molecule has 0 saturated heterocycles. The lowest BCUT2D eigenvalue weighted by molar-refractivity contribution is -0.137. The molecule has 0 amide bonds. The number of carboxylic acid groups (broad SMARTS) is 1. The van der Waals surface area contributed by atoms with Crippen molar-refractivity contribution in [2.24, 2.45) is 0 Å². The number of hydrogen-bond acceptors (Lipinski definition) is 5. The molecular weight excluding hydrogens is 284 g/mol. The Morgan fingerprint density at radius 3 is 3.00 bits per heavy atom. The van der Waals surface area contributed by atoms with Crippen LogP contribution in [-0.4, -0.2) is 42.6 Å². The molecule has 1 aromatic carbocycles. The van der Waals surface area contributed by atoms with Crippen LogP contribution in [0.5, 0.6) is 5.75 Å². The molecule has 3 N–H and O–H groups in total. The number of carboxylic acids is 1. The number of hydrogen-bond donors (Lipinski definition) is 3. The van der Waals surface area contributed by atoms with Gasteiger partial charge in [-0.3, -0.25) is 9.59 Å². The van der Waals surface area contributed by atoms with Crippen LogP contribution in [0.15, 0.2) is 18.2 Å². The number of rotatable bonds is 8. The summed E-state index contributed by atoms with van der Waals surface area (Å²) in [6, 6.07) is 5.11. The first-order chi connectivity index (χ1) is 10.6. The van der Waals surface area contributed by atoms with Crippen LogP contribution < -0.4 is 15.4 Å². The van der Waals surface area contributed by atoms with Gasteiger partial charge in [0.1, 0.15) is 12.4 Å². The summed E-state index contributed by atoms with van der Waals surface area (Å²) in [7, 11) is 0. The minimum absolute atomic E-state index is 0.0213. The van der Waals surface area contributed by atoms with Gasteiger partial charge in [-0.15, -0.1) is 0 Å². The molecule has 0 aromatic heterocycles. The quantitative estimate of drug-likeness (QED) is 0.502. The highest BCUT2D eigenvalue weighted by Gasteiger charge is 2.20. The summed E-state index contributed by atoms with van der Waals surface area (Å²) < 4.78 is 5.50. The van der Waals surface area contributed by atoms with Crippen molar-refractivity contribution in [2.75, 3.05) is 25.0 Å². The van der Waals surface area contributed by atoms with Crippen molar-refractivity contribution >= 4 is 17.4 Å². The van der Waals surface area contributed by atoms with Crippen LogP contribution in [0.3, 0.4) is 0 Å². The van der Waals surface area contributed by atoms with E-state index in [9.17, 15) is 9.59 Å². The van der Waals surface area contributed by atoms with Crippen LogP contribution in [0.2, 0.25) is 0 Å². The lowest BCUT2D eigenvalue weighted by Crippen LogP contribution is -2.37. The normalized spacial score (nSPS) is 14.4. The SMILES string of the molecule is CCC(NCCCC(=O)O)C(=O)c1ccc2c(c1)NCCO2. The van der Waals surface area contributed by atoms with E-state index >= 15 is 0 Å². The summed E-state index contributed by atoms with van der Waals surface area (Å²) >= 11 is 0. The van der Waals surface area contributed by atoms with Crippen LogP contribution >= 0.6 is 0 Å². The first kappa shape index (κ1) is 16.3. The molecule has 0 radical (unpaired) electrons. The van der Waals surface area contributed by atoms with Crippen LogP contribution in [0.1, 0.15) is 36.5 Å². The Labute approximate surface area is 129 Å². The standard InChI is InChI=1S/C16H22N2O4/c1-2-12(17-7-3-4-15(19)20)16(21)11-5-6-14-13(10-11)18-8-9-22-14/h5-6,10,12,17-18H,2-4,7-9H2,1H3,(H,19,20). The summed E-state index contributed by atoms with van der Waals surface area (Å²) in [6.07, 6.45) is 1.28. The lowest BCUT2D eigenvalue weighted by Gasteiger charge is -2.21. The van der Waals surface area contributed by atoms with E-state index in [2.05, 4.69) is 10.6 Å². The molecule has 1 atom stereocenters. The lowest BCUT2D eigenvalue weighted by atomic mass is 10.0. The molecule has 0 bridgehead atoms. The topological polar surface area (TPSA) is 87.7 Å². The average molecular weight is 306 g/mol. The molecule has 120 valence electrons. The second-order valence-corrected chi connectivity index (χ2v) is 5.26. The Morgan fingerprint density at radius 2 is 2.27 bits per heavy atom. The van der Waals surface area contributed by atoms with Crippen molar-refractivity contribution in [3.63, 3.8) is 0 Å². The fourth-order valence-corrected chi connectivity index (χ4v) is 2.43. The maximum Gasteiger partial charge on any atom is 0.303 e. The van der Waals surface area contributed by atoms with E-state index < -0.39 is 5.97 Å². The summed E-state index contributed by atoms with van der Waals surface area (Å²) in [5.41, 5.74) is 1.48. The van der Waals surface area contributed by atoms with Gasteiger partial charge in [0.05, 0.1) is 11.7 Å². The Morgan fingerprint density at radius 1 is 1.45 bits per heavy atom. The fraction of sp³-hybridized carbons (Fsp3) is 0.500. The van der Waals surface area contributed by atoms with E-state index in [1.807, 2.05) is 19.1 Å². The number of ketones is 1. The molecular formula is C16H22N2O4.